The van der Waals surface area contributed by atoms with Gasteiger partial charge in [-0.3, -0.25) is 9.59 Å². The number of hydrogen-bond acceptors (Lipinski definition) is 4. The predicted molar refractivity (Wildman–Crippen MR) is 63.8 cm³/mol. The van der Waals surface area contributed by atoms with Gasteiger partial charge in [0.25, 0.3) is 5.91 Å². The molecule has 1 unspecified atom stereocenters. The van der Waals surface area contributed by atoms with Crippen LogP contribution in [0, 0.1) is 0 Å². The van der Waals surface area contributed by atoms with E-state index in [2.05, 4.69) is 5.32 Å². The van der Waals surface area contributed by atoms with E-state index in [9.17, 15) is 14.4 Å². The van der Waals surface area contributed by atoms with Gasteiger partial charge in [0.2, 0.25) is 5.91 Å². The molecule has 7 nitrogen and oxygen atoms in total. The van der Waals surface area contributed by atoms with Crippen LogP contribution in [-0.2, 0) is 4.79 Å². The zero-order valence-corrected chi connectivity index (χ0v) is 10.4. The second kappa shape index (κ2) is 5.13. The van der Waals surface area contributed by atoms with E-state index in [1.54, 1.807) is 11.9 Å². The number of carbonyl (C=O) groups excluding carboxylic acids is 2. The maximum Gasteiger partial charge on any atom is 0.338 e. The number of piperidine rings is 1. The van der Waals surface area contributed by atoms with Crippen molar-refractivity contribution in [3.8, 4) is 0 Å². The number of hydrogen-bond donors (Lipinski definition) is 2. The minimum atomic E-state index is -1.15. The van der Waals surface area contributed by atoms with Gasteiger partial charge in [-0.1, -0.05) is 0 Å². The standard InChI is InChI=1S/C12H14N2O5/c1-14-5-8(2-3-10(14)15)13-11(16)9-4-7(6-19-9)12(17)18/h4,6,8H,2-3,5H2,1H3,(H,13,16)(H,17,18). The van der Waals surface area contributed by atoms with Crippen LogP contribution in [-0.4, -0.2) is 47.4 Å². The average molecular weight is 266 g/mol. The molecule has 0 saturated carbocycles. The zero-order chi connectivity index (χ0) is 14.0. The summed E-state index contributed by atoms with van der Waals surface area (Å²) in [6, 6.07) is 1.03. The van der Waals surface area contributed by atoms with Gasteiger partial charge in [-0.15, -0.1) is 0 Å². The molecule has 2 rings (SSSR count). The third-order valence-corrected chi connectivity index (χ3v) is 3.03. The Labute approximate surface area is 109 Å². The second-order valence-corrected chi connectivity index (χ2v) is 4.49. The van der Waals surface area contributed by atoms with Gasteiger partial charge in [0.1, 0.15) is 6.26 Å². The van der Waals surface area contributed by atoms with Crippen LogP contribution in [0.25, 0.3) is 0 Å². The molecule has 1 aliphatic heterocycles. The molecular formula is C12H14N2O5. The third-order valence-electron chi connectivity index (χ3n) is 3.03. The molecular weight excluding hydrogens is 252 g/mol. The van der Waals surface area contributed by atoms with Gasteiger partial charge in [-0.2, -0.15) is 0 Å². The van der Waals surface area contributed by atoms with Gasteiger partial charge in [-0.05, 0) is 6.42 Å². The van der Waals surface area contributed by atoms with E-state index < -0.39 is 11.9 Å². The number of likely N-dealkylation sites (N-methyl/N-ethyl adjacent to an activating group) is 1. The number of carboxylic acids is 1. The lowest BCUT2D eigenvalue weighted by Crippen LogP contribution is -2.48. The highest BCUT2D eigenvalue weighted by atomic mass is 16.4. The Hall–Kier alpha value is -2.31. The summed E-state index contributed by atoms with van der Waals surface area (Å²) < 4.78 is 4.90. The Morgan fingerprint density at radius 1 is 1.53 bits per heavy atom. The smallest absolute Gasteiger partial charge is 0.338 e. The van der Waals surface area contributed by atoms with Crippen LogP contribution in [0.2, 0.25) is 0 Å². The van der Waals surface area contributed by atoms with Crippen LogP contribution in [0.4, 0.5) is 0 Å². The fourth-order valence-corrected chi connectivity index (χ4v) is 1.95. The van der Waals surface area contributed by atoms with Crippen LogP contribution in [0.5, 0.6) is 0 Å². The number of aromatic carboxylic acids is 1. The van der Waals surface area contributed by atoms with Crippen molar-refractivity contribution in [1.29, 1.82) is 0 Å². The number of rotatable bonds is 3. The molecule has 1 aromatic heterocycles. The van der Waals surface area contributed by atoms with Crippen LogP contribution >= 0.6 is 0 Å². The van der Waals surface area contributed by atoms with Gasteiger partial charge < -0.3 is 19.7 Å². The largest absolute Gasteiger partial charge is 0.478 e. The molecule has 102 valence electrons. The lowest BCUT2D eigenvalue weighted by molar-refractivity contribution is -0.132. The molecule has 0 aliphatic carbocycles. The first-order valence-corrected chi connectivity index (χ1v) is 5.84. The van der Waals surface area contributed by atoms with Crippen molar-refractivity contribution < 1.29 is 23.9 Å². The lowest BCUT2D eigenvalue weighted by atomic mass is 10.1. The summed E-state index contributed by atoms with van der Waals surface area (Å²) in [5.41, 5.74) is -0.0684. The van der Waals surface area contributed by atoms with E-state index in [4.69, 9.17) is 9.52 Å². The molecule has 2 heterocycles. The summed E-state index contributed by atoms with van der Waals surface area (Å²) in [6.07, 6.45) is 1.98. The third kappa shape index (κ3) is 2.93. The topological polar surface area (TPSA) is 99.8 Å². The molecule has 1 atom stereocenters. The summed E-state index contributed by atoms with van der Waals surface area (Å²) in [7, 11) is 1.68. The van der Waals surface area contributed by atoms with Crippen molar-refractivity contribution in [2.75, 3.05) is 13.6 Å². The van der Waals surface area contributed by atoms with Crippen LogP contribution in [0.1, 0.15) is 33.8 Å². The van der Waals surface area contributed by atoms with Gasteiger partial charge in [0.15, 0.2) is 5.76 Å². The molecule has 2 N–H and O–H groups in total. The van der Waals surface area contributed by atoms with Gasteiger partial charge in [-0.25, -0.2) is 4.79 Å². The highest BCUT2D eigenvalue weighted by Gasteiger charge is 2.25. The first-order chi connectivity index (χ1) is 8.97. The average Bonchev–Trinajstić information content (AvgIpc) is 2.83. The number of carboxylic acid groups (broad SMARTS) is 1. The Morgan fingerprint density at radius 3 is 2.84 bits per heavy atom. The Kier molecular flexibility index (Phi) is 3.55. The Bertz CT molecular complexity index is 522. The molecule has 1 saturated heterocycles. The van der Waals surface area contributed by atoms with Crippen LogP contribution < -0.4 is 5.32 Å². The first-order valence-electron chi connectivity index (χ1n) is 5.84. The van der Waals surface area contributed by atoms with Crippen LogP contribution in [0.3, 0.4) is 0 Å². The summed E-state index contributed by atoms with van der Waals surface area (Å²) in [5.74, 6) is -1.61. The molecule has 0 aromatic carbocycles. The molecule has 2 amide bonds. The molecule has 1 fully saturated rings. The van der Waals surface area contributed by atoms with E-state index in [0.717, 1.165) is 6.26 Å². The second-order valence-electron chi connectivity index (χ2n) is 4.49. The molecule has 1 aliphatic rings. The van der Waals surface area contributed by atoms with Crippen molar-refractivity contribution in [1.82, 2.24) is 10.2 Å². The number of nitrogens with zero attached hydrogens (tertiary/aromatic N) is 1. The van der Waals surface area contributed by atoms with Gasteiger partial charge in [0, 0.05) is 32.1 Å². The van der Waals surface area contributed by atoms with Crippen molar-refractivity contribution in [3.63, 3.8) is 0 Å². The summed E-state index contributed by atoms with van der Waals surface area (Å²) in [4.78, 5) is 35.4. The molecule has 19 heavy (non-hydrogen) atoms. The lowest BCUT2D eigenvalue weighted by Gasteiger charge is -2.29. The Balaban J connectivity index is 1.97. The number of carbonyl (C=O) groups is 3. The SMILES string of the molecule is CN1CC(NC(=O)c2cc(C(=O)O)co2)CCC1=O. The van der Waals surface area contributed by atoms with Crippen LogP contribution in [0.15, 0.2) is 16.7 Å². The van der Waals surface area contributed by atoms with E-state index in [1.165, 1.54) is 6.07 Å². The molecule has 7 heteroatoms. The van der Waals surface area contributed by atoms with E-state index >= 15 is 0 Å². The summed E-state index contributed by atoms with van der Waals surface area (Å²) >= 11 is 0. The highest BCUT2D eigenvalue weighted by Crippen LogP contribution is 2.12. The number of amides is 2. The van der Waals surface area contributed by atoms with Gasteiger partial charge >= 0.3 is 5.97 Å². The number of furan rings is 1. The maximum absolute atomic E-state index is 11.8. The Morgan fingerprint density at radius 2 is 2.26 bits per heavy atom. The number of nitrogens with one attached hydrogen (secondary N) is 1. The maximum atomic E-state index is 11.8. The zero-order valence-electron chi connectivity index (χ0n) is 10.4. The molecule has 0 radical (unpaired) electrons. The monoisotopic (exact) mass is 266 g/mol. The predicted octanol–water partition coefficient (Wildman–Crippen LogP) is 0.328. The molecule has 0 bridgehead atoms. The van der Waals surface area contributed by atoms with Gasteiger partial charge in [0.05, 0.1) is 5.56 Å². The quantitative estimate of drug-likeness (QED) is 0.821. The summed E-state index contributed by atoms with van der Waals surface area (Å²) in [6.45, 7) is 0.442. The van der Waals surface area contributed by atoms with Crippen molar-refractivity contribution in [2.45, 2.75) is 18.9 Å². The minimum absolute atomic E-state index is 0.0445. The van der Waals surface area contributed by atoms with E-state index in [-0.39, 0.29) is 23.3 Å². The van der Waals surface area contributed by atoms with Crippen molar-refractivity contribution in [3.05, 3.63) is 23.7 Å². The normalized spacial score (nSPS) is 19.3. The first kappa shape index (κ1) is 13.1. The van der Waals surface area contributed by atoms with Crippen molar-refractivity contribution in [2.24, 2.45) is 0 Å². The minimum Gasteiger partial charge on any atom is -0.478 e. The highest BCUT2D eigenvalue weighted by molar-refractivity contribution is 5.95. The van der Waals surface area contributed by atoms with E-state index in [1.807, 2.05) is 0 Å². The van der Waals surface area contributed by atoms with E-state index in [0.29, 0.717) is 19.4 Å². The van der Waals surface area contributed by atoms with Crippen molar-refractivity contribution >= 4 is 17.8 Å². The summed E-state index contributed by atoms with van der Waals surface area (Å²) in [5, 5.41) is 11.4. The molecule has 1 aromatic rings. The number of likely N-dealkylation sites (tertiary alicyclic amines) is 1. The fourth-order valence-electron chi connectivity index (χ4n) is 1.95. The molecule has 0 spiro atoms. The fraction of sp³-hybridized carbons (Fsp3) is 0.417.